The molecule has 0 aliphatic carbocycles. The van der Waals surface area contributed by atoms with Crippen LogP contribution < -0.4 is 15.0 Å². The number of hydrogen-bond donors (Lipinski definition) is 1. The Morgan fingerprint density at radius 3 is 2.74 bits per heavy atom. The van der Waals surface area contributed by atoms with Crippen LogP contribution in [-0.2, 0) is 19.9 Å². The van der Waals surface area contributed by atoms with Crippen molar-refractivity contribution in [1.29, 1.82) is 0 Å². The fraction of sp³-hybridized carbons (Fsp3) is 0.348. The van der Waals surface area contributed by atoms with Crippen molar-refractivity contribution >= 4 is 45.0 Å². The molecule has 4 aliphatic heterocycles. The van der Waals surface area contributed by atoms with Gasteiger partial charge in [0, 0.05) is 21.8 Å². The van der Waals surface area contributed by atoms with Gasteiger partial charge in [0.25, 0.3) is 0 Å². The van der Waals surface area contributed by atoms with E-state index in [0.29, 0.717) is 23.7 Å². The molecular formula is C23H20BrN3O4. The van der Waals surface area contributed by atoms with Gasteiger partial charge in [0.05, 0.1) is 24.6 Å². The lowest BCUT2D eigenvalue weighted by molar-refractivity contribution is -0.135. The first-order chi connectivity index (χ1) is 15.0. The number of rotatable bonds is 2. The number of amides is 3. The van der Waals surface area contributed by atoms with Crippen LogP contribution in [0.15, 0.2) is 46.9 Å². The molecule has 8 heteroatoms. The molecule has 4 heterocycles. The third kappa shape index (κ3) is 2.19. The topological polar surface area (TPSA) is 79.0 Å². The van der Waals surface area contributed by atoms with E-state index in [4.69, 9.17) is 4.74 Å². The van der Waals surface area contributed by atoms with Crippen molar-refractivity contribution < 1.29 is 19.1 Å². The third-order valence-electron chi connectivity index (χ3n) is 7.28. The minimum Gasteiger partial charge on any atom is -0.495 e. The van der Waals surface area contributed by atoms with Gasteiger partial charge in [0.1, 0.15) is 11.3 Å². The molecule has 0 saturated carbocycles. The predicted molar refractivity (Wildman–Crippen MR) is 117 cm³/mol. The van der Waals surface area contributed by atoms with Crippen LogP contribution in [-0.4, -0.2) is 42.3 Å². The second-order valence-corrected chi connectivity index (χ2v) is 9.42. The summed E-state index contributed by atoms with van der Waals surface area (Å²) in [5, 5.41) is 2.99. The molecule has 2 aromatic rings. The third-order valence-corrected chi connectivity index (χ3v) is 7.77. The minimum atomic E-state index is -1.17. The van der Waals surface area contributed by atoms with Gasteiger partial charge in [-0.25, -0.2) is 4.90 Å². The van der Waals surface area contributed by atoms with Gasteiger partial charge in [-0.3, -0.25) is 19.3 Å². The number of carbonyl (C=O) groups is 3. The summed E-state index contributed by atoms with van der Waals surface area (Å²) >= 11 is 3.52. The van der Waals surface area contributed by atoms with E-state index in [9.17, 15) is 14.4 Å². The summed E-state index contributed by atoms with van der Waals surface area (Å²) in [7, 11) is 1.52. The van der Waals surface area contributed by atoms with Gasteiger partial charge in [0.15, 0.2) is 0 Å². The molecule has 3 fully saturated rings. The number of nitrogens with one attached hydrogen (secondary N) is 1. The molecule has 7 nitrogen and oxygen atoms in total. The normalized spacial score (nSPS) is 31.2. The number of fused-ring (bicyclic) bond motifs is 7. The number of anilines is 2. The first-order valence-corrected chi connectivity index (χ1v) is 11.2. The van der Waals surface area contributed by atoms with Crippen LogP contribution in [0, 0.1) is 11.8 Å². The molecule has 6 rings (SSSR count). The largest absolute Gasteiger partial charge is 0.495 e. The zero-order valence-corrected chi connectivity index (χ0v) is 18.4. The molecule has 4 unspecified atom stereocenters. The Bertz CT molecular complexity index is 1170. The van der Waals surface area contributed by atoms with E-state index in [2.05, 4.69) is 26.1 Å². The van der Waals surface area contributed by atoms with E-state index in [0.717, 1.165) is 22.9 Å². The van der Waals surface area contributed by atoms with E-state index in [-0.39, 0.29) is 23.8 Å². The maximum atomic E-state index is 13.9. The Labute approximate surface area is 187 Å². The summed E-state index contributed by atoms with van der Waals surface area (Å²) in [5.74, 6) is -1.67. The highest BCUT2D eigenvalue weighted by atomic mass is 79.9. The van der Waals surface area contributed by atoms with Crippen molar-refractivity contribution in [2.45, 2.75) is 24.4 Å². The van der Waals surface area contributed by atoms with Gasteiger partial charge in [-0.15, -0.1) is 0 Å². The summed E-state index contributed by atoms with van der Waals surface area (Å²) in [6, 6.07) is 12.5. The summed E-state index contributed by atoms with van der Waals surface area (Å²) in [5.41, 5.74) is 0.737. The standard InChI is InChI=1S/C23H20BrN3O4/c1-31-17-7-3-2-5-15(17)27-20(28)18-16-6-4-10-26(16)23(19(18)21(27)29)13-11-12(24)8-9-14(13)25-22(23)30/h2-3,5,7-9,11,16,18-19H,4,6,10H2,1H3,(H,25,30). The van der Waals surface area contributed by atoms with Gasteiger partial charge in [-0.2, -0.15) is 0 Å². The van der Waals surface area contributed by atoms with Crippen LogP contribution in [0.2, 0.25) is 0 Å². The molecule has 2 aromatic carbocycles. The van der Waals surface area contributed by atoms with Crippen molar-refractivity contribution in [3.05, 3.63) is 52.5 Å². The highest BCUT2D eigenvalue weighted by molar-refractivity contribution is 9.10. The van der Waals surface area contributed by atoms with Crippen LogP contribution in [0.5, 0.6) is 5.75 Å². The quantitative estimate of drug-likeness (QED) is 0.667. The number of carbonyl (C=O) groups excluding carboxylic acids is 3. The zero-order chi connectivity index (χ0) is 21.5. The Morgan fingerprint density at radius 2 is 1.94 bits per heavy atom. The van der Waals surface area contributed by atoms with E-state index >= 15 is 0 Å². The Hall–Kier alpha value is -2.71. The van der Waals surface area contributed by atoms with Crippen LogP contribution >= 0.6 is 15.9 Å². The summed E-state index contributed by atoms with van der Waals surface area (Å²) in [6.07, 6.45) is 1.68. The highest BCUT2D eigenvalue weighted by Crippen LogP contribution is 2.61. The van der Waals surface area contributed by atoms with E-state index < -0.39 is 17.4 Å². The lowest BCUT2D eigenvalue weighted by Gasteiger charge is -2.36. The van der Waals surface area contributed by atoms with Crippen molar-refractivity contribution in [3.63, 3.8) is 0 Å². The Kier molecular flexibility index (Phi) is 3.92. The number of imide groups is 1. The molecule has 4 aliphatic rings. The first-order valence-electron chi connectivity index (χ1n) is 10.4. The average Bonchev–Trinajstić information content (AvgIpc) is 3.47. The molecule has 0 aromatic heterocycles. The number of nitrogens with zero attached hydrogens (tertiary/aromatic N) is 2. The average molecular weight is 482 g/mol. The number of ether oxygens (including phenoxy) is 1. The second kappa shape index (κ2) is 6.40. The summed E-state index contributed by atoms with van der Waals surface area (Å²) in [4.78, 5) is 44.6. The SMILES string of the molecule is COc1ccccc1N1C(=O)C2C3CCCN3C3(C(=O)Nc4ccc(Br)cc43)C2C1=O. The first kappa shape index (κ1) is 19.0. The molecule has 1 spiro atoms. The molecule has 4 atom stereocenters. The number of para-hydroxylation sites is 2. The highest BCUT2D eigenvalue weighted by Gasteiger charge is 2.74. The summed E-state index contributed by atoms with van der Waals surface area (Å²) in [6.45, 7) is 0.687. The van der Waals surface area contributed by atoms with Gasteiger partial charge in [-0.1, -0.05) is 28.1 Å². The van der Waals surface area contributed by atoms with Crippen molar-refractivity contribution in [2.24, 2.45) is 11.8 Å². The Morgan fingerprint density at radius 1 is 1.13 bits per heavy atom. The van der Waals surface area contributed by atoms with Gasteiger partial charge >= 0.3 is 0 Å². The molecule has 158 valence electrons. The number of hydrogen-bond acceptors (Lipinski definition) is 5. The van der Waals surface area contributed by atoms with Gasteiger partial charge in [0.2, 0.25) is 17.7 Å². The van der Waals surface area contributed by atoms with Crippen molar-refractivity contribution in [3.8, 4) is 5.75 Å². The van der Waals surface area contributed by atoms with E-state index in [1.54, 1.807) is 24.3 Å². The molecule has 3 amide bonds. The summed E-state index contributed by atoms with van der Waals surface area (Å²) < 4.78 is 6.26. The van der Waals surface area contributed by atoms with E-state index in [1.165, 1.54) is 12.0 Å². The van der Waals surface area contributed by atoms with Gasteiger partial charge in [-0.05, 0) is 49.7 Å². The molecule has 1 N–H and O–H groups in total. The van der Waals surface area contributed by atoms with Crippen molar-refractivity contribution in [2.75, 3.05) is 23.9 Å². The smallest absolute Gasteiger partial charge is 0.250 e. The lowest BCUT2D eigenvalue weighted by Crippen LogP contribution is -2.54. The second-order valence-electron chi connectivity index (χ2n) is 8.50. The van der Waals surface area contributed by atoms with Crippen LogP contribution in [0.1, 0.15) is 18.4 Å². The minimum absolute atomic E-state index is 0.142. The van der Waals surface area contributed by atoms with Crippen LogP contribution in [0.4, 0.5) is 11.4 Å². The lowest BCUT2D eigenvalue weighted by atomic mass is 9.75. The van der Waals surface area contributed by atoms with E-state index in [1.807, 2.05) is 18.2 Å². The zero-order valence-electron chi connectivity index (χ0n) is 16.8. The fourth-order valence-electron chi connectivity index (χ4n) is 6.23. The van der Waals surface area contributed by atoms with Gasteiger partial charge < -0.3 is 10.1 Å². The van der Waals surface area contributed by atoms with Crippen LogP contribution in [0.3, 0.4) is 0 Å². The maximum Gasteiger partial charge on any atom is 0.250 e. The Balaban J connectivity index is 1.57. The fourth-order valence-corrected chi connectivity index (χ4v) is 6.59. The van der Waals surface area contributed by atoms with Crippen LogP contribution in [0.25, 0.3) is 0 Å². The molecule has 3 saturated heterocycles. The molecule has 0 radical (unpaired) electrons. The maximum absolute atomic E-state index is 13.9. The number of halogens is 1. The number of benzene rings is 2. The number of methoxy groups -OCH3 is 1. The molecule has 31 heavy (non-hydrogen) atoms. The molecular weight excluding hydrogens is 462 g/mol. The predicted octanol–water partition coefficient (Wildman–Crippen LogP) is 2.89. The van der Waals surface area contributed by atoms with Crippen molar-refractivity contribution in [1.82, 2.24) is 4.90 Å². The monoisotopic (exact) mass is 481 g/mol. The molecule has 0 bridgehead atoms.